The number of amides is 1. The molecule has 0 saturated carbocycles. The monoisotopic (exact) mass is 394 g/mol. The lowest BCUT2D eigenvalue weighted by atomic mass is 10.2. The van der Waals surface area contributed by atoms with E-state index in [9.17, 15) is 21.6 Å². The molecule has 1 saturated heterocycles. The first-order valence-corrected chi connectivity index (χ1v) is 11.0. The van der Waals surface area contributed by atoms with Gasteiger partial charge in [0.1, 0.15) is 0 Å². The van der Waals surface area contributed by atoms with Crippen LogP contribution in [0.25, 0.3) is 0 Å². The van der Waals surface area contributed by atoms with Crippen LogP contribution in [0.3, 0.4) is 0 Å². The number of sulfone groups is 1. The number of primary sulfonamides is 1. The lowest BCUT2D eigenvalue weighted by molar-refractivity contribution is 0.0793. The van der Waals surface area contributed by atoms with Crippen molar-refractivity contribution in [2.75, 3.05) is 13.1 Å². The molecule has 9 heteroatoms. The molecule has 2 aromatic rings. The number of likely N-dealkylation sites (tertiary alicyclic amines) is 1. The fourth-order valence-electron chi connectivity index (χ4n) is 2.94. The highest BCUT2D eigenvalue weighted by Gasteiger charge is 2.36. The number of carbonyl (C=O) groups is 1. The highest BCUT2D eigenvalue weighted by Crippen LogP contribution is 2.25. The Balaban J connectivity index is 1.75. The molecule has 1 atom stereocenters. The van der Waals surface area contributed by atoms with Crippen molar-refractivity contribution in [1.82, 2.24) is 4.90 Å². The molecule has 0 spiro atoms. The second kappa shape index (κ2) is 6.82. The van der Waals surface area contributed by atoms with Crippen LogP contribution in [0.5, 0.6) is 0 Å². The van der Waals surface area contributed by atoms with Gasteiger partial charge in [-0.15, -0.1) is 0 Å². The van der Waals surface area contributed by atoms with Crippen molar-refractivity contribution in [3.63, 3.8) is 0 Å². The van der Waals surface area contributed by atoms with Gasteiger partial charge in [-0.3, -0.25) is 4.79 Å². The van der Waals surface area contributed by atoms with E-state index in [0.29, 0.717) is 13.0 Å². The summed E-state index contributed by atoms with van der Waals surface area (Å²) >= 11 is 0. The molecular weight excluding hydrogens is 376 g/mol. The maximum Gasteiger partial charge on any atom is 0.253 e. The van der Waals surface area contributed by atoms with Gasteiger partial charge in [0.2, 0.25) is 10.0 Å². The molecule has 1 aliphatic rings. The second-order valence-electron chi connectivity index (χ2n) is 6.09. The molecule has 0 aromatic heterocycles. The fourth-order valence-corrected chi connectivity index (χ4v) is 5.17. The molecule has 1 heterocycles. The third kappa shape index (κ3) is 3.64. The zero-order valence-corrected chi connectivity index (χ0v) is 15.4. The maximum absolute atomic E-state index is 12.7. The minimum absolute atomic E-state index is 0.0833. The molecule has 0 aliphatic carbocycles. The standard InChI is InChI=1S/C17H18N2O5S2/c18-26(23,24)15-8-6-13(7-9-15)17(20)19-11-10-16(12-19)25(21,22)14-4-2-1-3-5-14/h1-9,16H,10-12H2,(H2,18,23,24). The fraction of sp³-hybridized carbons (Fsp3) is 0.235. The van der Waals surface area contributed by atoms with E-state index in [0.717, 1.165) is 0 Å². The van der Waals surface area contributed by atoms with E-state index in [2.05, 4.69) is 0 Å². The van der Waals surface area contributed by atoms with Gasteiger partial charge in [-0.25, -0.2) is 22.0 Å². The molecule has 1 fully saturated rings. The van der Waals surface area contributed by atoms with E-state index in [1.165, 1.54) is 29.2 Å². The van der Waals surface area contributed by atoms with Crippen molar-refractivity contribution < 1.29 is 21.6 Å². The first-order valence-electron chi connectivity index (χ1n) is 7.91. The zero-order valence-electron chi connectivity index (χ0n) is 13.8. The number of hydrogen-bond acceptors (Lipinski definition) is 5. The number of benzene rings is 2. The molecule has 26 heavy (non-hydrogen) atoms. The van der Waals surface area contributed by atoms with Crippen LogP contribution >= 0.6 is 0 Å². The van der Waals surface area contributed by atoms with Gasteiger partial charge < -0.3 is 4.90 Å². The van der Waals surface area contributed by atoms with Gasteiger partial charge in [-0.2, -0.15) is 0 Å². The summed E-state index contributed by atoms with van der Waals surface area (Å²) in [5, 5.41) is 4.38. The predicted molar refractivity (Wildman–Crippen MR) is 95.8 cm³/mol. The van der Waals surface area contributed by atoms with Crippen LogP contribution < -0.4 is 5.14 Å². The van der Waals surface area contributed by atoms with Crippen molar-refractivity contribution in [1.29, 1.82) is 0 Å². The Morgan fingerprint density at radius 1 is 0.923 bits per heavy atom. The SMILES string of the molecule is NS(=O)(=O)c1ccc(C(=O)N2CCC(S(=O)(=O)c3ccccc3)C2)cc1. The van der Waals surface area contributed by atoms with Crippen LogP contribution in [0.2, 0.25) is 0 Å². The van der Waals surface area contributed by atoms with Gasteiger partial charge >= 0.3 is 0 Å². The molecule has 2 aromatic carbocycles. The summed E-state index contributed by atoms with van der Waals surface area (Å²) in [5.41, 5.74) is 0.287. The average molecular weight is 394 g/mol. The third-order valence-electron chi connectivity index (χ3n) is 4.37. The van der Waals surface area contributed by atoms with Gasteiger partial charge in [0.25, 0.3) is 5.91 Å². The van der Waals surface area contributed by atoms with Crippen LogP contribution in [-0.4, -0.2) is 46.0 Å². The molecule has 1 aliphatic heterocycles. The maximum atomic E-state index is 12.7. The van der Waals surface area contributed by atoms with Crippen LogP contribution in [-0.2, 0) is 19.9 Å². The molecule has 7 nitrogen and oxygen atoms in total. The Labute approximate surface area is 152 Å². The normalized spacial score (nSPS) is 18.0. The minimum atomic E-state index is -3.83. The Morgan fingerprint density at radius 2 is 1.54 bits per heavy atom. The first kappa shape index (κ1) is 18.6. The van der Waals surface area contributed by atoms with Gasteiger partial charge in [0.15, 0.2) is 9.84 Å². The Morgan fingerprint density at radius 3 is 2.12 bits per heavy atom. The Bertz CT molecular complexity index is 1020. The molecule has 1 unspecified atom stereocenters. The number of hydrogen-bond donors (Lipinski definition) is 1. The van der Waals surface area contributed by atoms with Crippen LogP contribution in [0.15, 0.2) is 64.4 Å². The molecule has 0 bridgehead atoms. The van der Waals surface area contributed by atoms with Gasteiger partial charge in [0, 0.05) is 18.7 Å². The largest absolute Gasteiger partial charge is 0.337 e. The summed E-state index contributed by atoms with van der Waals surface area (Å²) in [4.78, 5) is 14.2. The first-order chi connectivity index (χ1) is 12.2. The highest BCUT2D eigenvalue weighted by atomic mass is 32.2. The summed E-state index contributed by atoms with van der Waals surface area (Å²) < 4.78 is 47.9. The van der Waals surface area contributed by atoms with E-state index < -0.39 is 25.1 Å². The average Bonchev–Trinajstić information content (AvgIpc) is 3.12. The lowest BCUT2D eigenvalue weighted by Crippen LogP contribution is -2.32. The Hall–Kier alpha value is -2.23. The third-order valence-corrected chi connectivity index (χ3v) is 7.49. The van der Waals surface area contributed by atoms with E-state index in [4.69, 9.17) is 5.14 Å². The summed E-state index contributed by atoms with van der Waals surface area (Å²) in [7, 11) is -7.33. The van der Waals surface area contributed by atoms with Gasteiger partial charge in [-0.1, -0.05) is 18.2 Å². The van der Waals surface area contributed by atoms with Crippen molar-refractivity contribution >= 4 is 25.8 Å². The van der Waals surface area contributed by atoms with Crippen molar-refractivity contribution in [2.24, 2.45) is 5.14 Å². The molecule has 138 valence electrons. The second-order valence-corrected chi connectivity index (χ2v) is 9.88. The van der Waals surface area contributed by atoms with E-state index in [1.54, 1.807) is 30.3 Å². The van der Waals surface area contributed by atoms with Crippen molar-refractivity contribution in [3.8, 4) is 0 Å². The topological polar surface area (TPSA) is 115 Å². The van der Waals surface area contributed by atoms with Crippen molar-refractivity contribution in [3.05, 3.63) is 60.2 Å². The highest BCUT2D eigenvalue weighted by molar-refractivity contribution is 7.92. The zero-order chi connectivity index (χ0) is 18.9. The Kier molecular flexibility index (Phi) is 4.87. The van der Waals surface area contributed by atoms with E-state index in [1.807, 2.05) is 0 Å². The summed E-state index contributed by atoms with van der Waals surface area (Å²) in [6, 6.07) is 13.4. The summed E-state index contributed by atoms with van der Waals surface area (Å²) in [6.45, 7) is 0.430. The summed E-state index contributed by atoms with van der Waals surface area (Å²) in [6.07, 6.45) is 0.359. The molecular formula is C17H18N2O5S2. The number of sulfonamides is 1. The molecule has 2 N–H and O–H groups in total. The van der Waals surface area contributed by atoms with E-state index in [-0.39, 0.29) is 27.8 Å². The van der Waals surface area contributed by atoms with Gasteiger partial charge in [-0.05, 0) is 42.8 Å². The van der Waals surface area contributed by atoms with Crippen LogP contribution in [0.4, 0.5) is 0 Å². The number of nitrogens with two attached hydrogens (primary N) is 1. The smallest absolute Gasteiger partial charge is 0.253 e. The number of nitrogens with zero attached hydrogens (tertiary/aromatic N) is 1. The van der Waals surface area contributed by atoms with Crippen LogP contribution in [0, 0.1) is 0 Å². The van der Waals surface area contributed by atoms with Crippen LogP contribution in [0.1, 0.15) is 16.8 Å². The summed E-state index contributed by atoms with van der Waals surface area (Å²) in [5.74, 6) is -0.336. The number of carbonyl (C=O) groups excluding carboxylic acids is 1. The lowest BCUT2D eigenvalue weighted by Gasteiger charge is -2.17. The molecule has 1 amide bonds. The molecule has 3 rings (SSSR count). The van der Waals surface area contributed by atoms with Crippen molar-refractivity contribution in [2.45, 2.75) is 21.5 Å². The quantitative estimate of drug-likeness (QED) is 0.831. The number of rotatable bonds is 4. The van der Waals surface area contributed by atoms with E-state index >= 15 is 0 Å². The molecule has 0 radical (unpaired) electrons. The predicted octanol–water partition coefficient (Wildman–Crippen LogP) is 1.02. The minimum Gasteiger partial charge on any atom is -0.337 e. The van der Waals surface area contributed by atoms with Gasteiger partial charge in [0.05, 0.1) is 15.0 Å².